The molecule has 4 heteroatoms. The van der Waals surface area contributed by atoms with Crippen LogP contribution in [0.3, 0.4) is 0 Å². The highest BCUT2D eigenvalue weighted by atomic mass is 19.1. The lowest BCUT2D eigenvalue weighted by Gasteiger charge is -2.32. The van der Waals surface area contributed by atoms with E-state index >= 15 is 4.39 Å². The summed E-state index contributed by atoms with van der Waals surface area (Å²) in [4.78, 5) is 0. The van der Waals surface area contributed by atoms with Crippen molar-refractivity contribution >= 4 is 23.5 Å². The van der Waals surface area contributed by atoms with E-state index in [1.807, 2.05) is 70.2 Å². The molecule has 0 atom stereocenters. The number of benzene rings is 2. The van der Waals surface area contributed by atoms with Crippen molar-refractivity contribution in [1.29, 1.82) is 0 Å². The summed E-state index contributed by atoms with van der Waals surface area (Å²) in [7, 11) is -0.959. The number of rotatable bonds is 2. The normalized spacial score (nSPS) is 20.7. The van der Waals surface area contributed by atoms with Crippen LogP contribution in [-0.4, -0.2) is 18.3 Å². The molecule has 0 N–H and O–H groups in total. The maximum absolute atomic E-state index is 15.0. The molecule has 120 valence electrons. The van der Waals surface area contributed by atoms with Gasteiger partial charge in [0.2, 0.25) is 0 Å². The fourth-order valence-electron chi connectivity index (χ4n) is 2.80. The molecule has 2 aromatic rings. The quantitative estimate of drug-likeness (QED) is 0.712. The van der Waals surface area contributed by atoms with Crippen molar-refractivity contribution < 1.29 is 13.7 Å². The average molecular weight is 312 g/mol. The van der Waals surface area contributed by atoms with Gasteiger partial charge in [-0.1, -0.05) is 42.5 Å². The van der Waals surface area contributed by atoms with Crippen LogP contribution in [0.15, 0.2) is 48.2 Å². The van der Waals surface area contributed by atoms with E-state index < -0.39 is 18.3 Å². The summed E-state index contributed by atoms with van der Waals surface area (Å²) in [5, 5.41) is 2.12. The minimum absolute atomic E-state index is 0.361. The molecule has 1 saturated heterocycles. The summed E-state index contributed by atoms with van der Waals surface area (Å²) in [6.45, 7) is 9.48. The lowest BCUT2D eigenvalue weighted by atomic mass is 9.82. The summed E-state index contributed by atoms with van der Waals surface area (Å²) in [5.74, 6) is 0. The summed E-state index contributed by atoms with van der Waals surface area (Å²) >= 11 is 0. The van der Waals surface area contributed by atoms with E-state index in [2.05, 4.69) is 0 Å². The van der Waals surface area contributed by atoms with Crippen molar-refractivity contribution in [2.24, 2.45) is 0 Å². The first-order valence-electron chi connectivity index (χ1n) is 7.93. The van der Waals surface area contributed by atoms with Crippen LogP contribution in [0, 0.1) is 0 Å². The second-order valence-electron chi connectivity index (χ2n) is 7.09. The largest absolute Gasteiger partial charge is 0.525 e. The lowest BCUT2D eigenvalue weighted by Crippen LogP contribution is -2.41. The Morgan fingerprint density at radius 1 is 0.913 bits per heavy atom. The highest BCUT2D eigenvalue weighted by molar-refractivity contribution is 6.55. The zero-order valence-electron chi connectivity index (χ0n) is 14.3. The standard InChI is InChI=1S/C19H22BFO2/c1-13(15-12-8-10-14-9-6-7-11-16(14)15)17(21)20-22-18(2,3)19(4,5)23-20/h6-12H,1-5H3. The fourth-order valence-corrected chi connectivity index (χ4v) is 2.80. The van der Waals surface area contributed by atoms with E-state index in [9.17, 15) is 0 Å². The Labute approximate surface area is 137 Å². The van der Waals surface area contributed by atoms with Crippen LogP contribution in [0.4, 0.5) is 4.39 Å². The van der Waals surface area contributed by atoms with Crippen molar-refractivity contribution in [3.8, 4) is 0 Å². The maximum Gasteiger partial charge on any atom is 0.525 e. The van der Waals surface area contributed by atoms with Gasteiger partial charge in [-0.3, -0.25) is 0 Å². The van der Waals surface area contributed by atoms with Crippen molar-refractivity contribution in [2.45, 2.75) is 45.8 Å². The highest BCUT2D eigenvalue weighted by Gasteiger charge is 2.53. The Hall–Kier alpha value is -1.65. The van der Waals surface area contributed by atoms with E-state index in [0.717, 1.165) is 16.3 Å². The van der Waals surface area contributed by atoms with Crippen LogP contribution in [0.2, 0.25) is 0 Å². The Bertz CT molecular complexity index is 759. The third-order valence-corrected chi connectivity index (χ3v) is 5.01. The molecule has 1 aliphatic heterocycles. The molecule has 0 amide bonds. The van der Waals surface area contributed by atoms with Crippen LogP contribution in [-0.2, 0) is 9.31 Å². The lowest BCUT2D eigenvalue weighted by molar-refractivity contribution is 0.00578. The van der Waals surface area contributed by atoms with E-state index in [4.69, 9.17) is 9.31 Å². The fraction of sp³-hybridized carbons (Fsp3) is 0.368. The van der Waals surface area contributed by atoms with Gasteiger partial charge in [-0.25, -0.2) is 4.39 Å². The van der Waals surface area contributed by atoms with E-state index in [-0.39, 0.29) is 5.73 Å². The van der Waals surface area contributed by atoms with Crippen molar-refractivity contribution in [3.05, 3.63) is 53.8 Å². The molecule has 0 radical (unpaired) electrons. The smallest absolute Gasteiger partial charge is 0.398 e. The monoisotopic (exact) mass is 312 g/mol. The topological polar surface area (TPSA) is 18.5 Å². The molecular weight excluding hydrogens is 290 g/mol. The van der Waals surface area contributed by atoms with Gasteiger partial charge < -0.3 is 9.31 Å². The van der Waals surface area contributed by atoms with Crippen LogP contribution in [0.1, 0.15) is 40.2 Å². The molecule has 23 heavy (non-hydrogen) atoms. The first kappa shape index (κ1) is 16.2. The summed E-state index contributed by atoms with van der Waals surface area (Å²) in [6, 6.07) is 13.9. The van der Waals surface area contributed by atoms with Crippen LogP contribution in [0.5, 0.6) is 0 Å². The van der Waals surface area contributed by atoms with Gasteiger partial charge in [0.05, 0.1) is 11.2 Å². The summed E-state index contributed by atoms with van der Waals surface area (Å²) < 4.78 is 26.7. The van der Waals surface area contributed by atoms with Crippen LogP contribution in [0.25, 0.3) is 16.3 Å². The van der Waals surface area contributed by atoms with Crippen LogP contribution < -0.4 is 0 Å². The van der Waals surface area contributed by atoms with Gasteiger partial charge in [0.25, 0.3) is 0 Å². The molecule has 1 aliphatic rings. The summed E-state index contributed by atoms with van der Waals surface area (Å²) in [5.41, 5.74) is -0.0298. The molecule has 0 aliphatic carbocycles. The molecule has 3 rings (SSSR count). The number of hydrogen-bond donors (Lipinski definition) is 0. The number of halogens is 1. The molecule has 0 bridgehead atoms. The average Bonchev–Trinajstić information content (AvgIpc) is 2.73. The molecule has 1 fully saturated rings. The third-order valence-electron chi connectivity index (χ3n) is 5.01. The predicted molar refractivity (Wildman–Crippen MR) is 93.7 cm³/mol. The van der Waals surface area contributed by atoms with Gasteiger partial charge in [0.1, 0.15) is 5.73 Å². The molecule has 0 spiro atoms. The van der Waals surface area contributed by atoms with Crippen molar-refractivity contribution in [3.63, 3.8) is 0 Å². The molecular formula is C19H22BFO2. The molecule has 0 aromatic heterocycles. The number of fused-ring (bicyclic) bond motifs is 1. The van der Waals surface area contributed by atoms with Crippen molar-refractivity contribution in [2.75, 3.05) is 0 Å². The van der Waals surface area contributed by atoms with Gasteiger partial charge in [0, 0.05) is 0 Å². The zero-order valence-corrected chi connectivity index (χ0v) is 14.3. The second-order valence-corrected chi connectivity index (χ2v) is 7.09. The zero-order chi connectivity index (χ0) is 16.8. The van der Waals surface area contributed by atoms with E-state index in [1.165, 1.54) is 0 Å². The Morgan fingerprint density at radius 2 is 1.48 bits per heavy atom. The molecule has 2 nitrogen and oxygen atoms in total. The van der Waals surface area contributed by atoms with Gasteiger partial charge in [-0.2, -0.15) is 0 Å². The first-order valence-corrected chi connectivity index (χ1v) is 7.93. The molecule has 0 saturated carbocycles. The van der Waals surface area contributed by atoms with Crippen LogP contribution >= 0.6 is 0 Å². The Morgan fingerprint density at radius 3 is 2.13 bits per heavy atom. The van der Waals surface area contributed by atoms with E-state index in [1.54, 1.807) is 6.92 Å². The van der Waals surface area contributed by atoms with E-state index in [0.29, 0.717) is 5.57 Å². The van der Waals surface area contributed by atoms with Gasteiger partial charge >= 0.3 is 7.12 Å². The molecule has 2 aromatic carbocycles. The first-order chi connectivity index (χ1) is 10.7. The number of hydrogen-bond acceptors (Lipinski definition) is 2. The molecule has 1 heterocycles. The second kappa shape index (κ2) is 5.46. The summed E-state index contributed by atoms with van der Waals surface area (Å²) in [6.07, 6.45) is 0. The SMILES string of the molecule is CC(=C(F)B1OC(C)(C)C(C)(C)O1)c1cccc2ccccc12. The predicted octanol–water partition coefficient (Wildman–Crippen LogP) is 5.17. The van der Waals surface area contributed by atoms with Gasteiger partial charge in [0.15, 0.2) is 0 Å². The Kier molecular flexibility index (Phi) is 3.85. The van der Waals surface area contributed by atoms with Gasteiger partial charge in [-0.05, 0) is 56.5 Å². The van der Waals surface area contributed by atoms with Gasteiger partial charge in [-0.15, -0.1) is 0 Å². The third kappa shape index (κ3) is 2.70. The molecule has 0 unspecified atom stereocenters. The minimum atomic E-state index is -0.959. The van der Waals surface area contributed by atoms with Crippen molar-refractivity contribution in [1.82, 2.24) is 0 Å². The Balaban J connectivity index is 2.04. The number of allylic oxidation sites excluding steroid dienone is 1. The minimum Gasteiger partial charge on any atom is -0.398 e. The maximum atomic E-state index is 15.0. The highest BCUT2D eigenvalue weighted by Crippen LogP contribution is 2.40.